The van der Waals surface area contributed by atoms with E-state index in [4.69, 9.17) is 45.3 Å². The van der Waals surface area contributed by atoms with Crippen LogP contribution in [0.15, 0.2) is 12.1 Å². The number of carbonyl (C=O) groups excluding carboxylic acids is 1. The molecule has 0 aromatic heterocycles. The third-order valence-corrected chi connectivity index (χ3v) is 4.58. The number of ether oxygens (including phenoxy) is 1. The van der Waals surface area contributed by atoms with Gasteiger partial charge in [0.05, 0.1) is 16.6 Å². The number of nitrogens with one attached hydrogen (secondary N) is 1. The molecule has 4 nitrogen and oxygen atoms in total. The van der Waals surface area contributed by atoms with Crippen molar-refractivity contribution in [2.75, 3.05) is 13.2 Å². The van der Waals surface area contributed by atoms with Crippen LogP contribution in [0.1, 0.15) is 25.7 Å². The van der Waals surface area contributed by atoms with Gasteiger partial charge in [-0.15, -0.1) is 0 Å². The summed E-state index contributed by atoms with van der Waals surface area (Å²) in [6.45, 7) is 0.666. The molecule has 2 atom stereocenters. The van der Waals surface area contributed by atoms with E-state index in [2.05, 4.69) is 5.32 Å². The molecule has 1 aliphatic rings. The number of carbonyl (C=O) groups is 1. The highest BCUT2D eigenvalue weighted by Gasteiger charge is 2.25. The van der Waals surface area contributed by atoms with E-state index in [0.717, 1.165) is 19.3 Å². The molecule has 1 aliphatic carbocycles. The molecular formula is C15H19Cl3N2O2. The number of rotatable bonds is 6. The minimum Gasteiger partial charge on any atom is -0.489 e. The van der Waals surface area contributed by atoms with Gasteiger partial charge in [0.25, 0.3) is 0 Å². The van der Waals surface area contributed by atoms with Gasteiger partial charge in [-0.1, -0.05) is 41.2 Å². The van der Waals surface area contributed by atoms with Crippen LogP contribution in [-0.2, 0) is 4.79 Å². The van der Waals surface area contributed by atoms with E-state index in [1.54, 1.807) is 12.1 Å². The first-order chi connectivity index (χ1) is 10.5. The lowest BCUT2D eigenvalue weighted by Gasteiger charge is -2.15. The Hall–Kier alpha value is -0.680. The van der Waals surface area contributed by atoms with Crippen LogP contribution in [0.5, 0.6) is 5.75 Å². The van der Waals surface area contributed by atoms with Crippen molar-refractivity contribution in [1.82, 2.24) is 5.32 Å². The summed E-state index contributed by atoms with van der Waals surface area (Å²) in [5.74, 6) is 0.667. The summed E-state index contributed by atoms with van der Waals surface area (Å²) in [5.41, 5.74) is 5.96. The Kier molecular flexibility index (Phi) is 6.63. The van der Waals surface area contributed by atoms with Crippen LogP contribution in [0, 0.1) is 5.92 Å². The Morgan fingerprint density at radius 1 is 1.27 bits per heavy atom. The molecule has 1 amide bonds. The van der Waals surface area contributed by atoms with E-state index >= 15 is 0 Å². The number of benzene rings is 1. The molecule has 0 bridgehead atoms. The summed E-state index contributed by atoms with van der Waals surface area (Å²) in [7, 11) is 0. The summed E-state index contributed by atoms with van der Waals surface area (Å²) in [6.07, 6.45) is 3.62. The molecule has 0 saturated heterocycles. The molecule has 0 unspecified atom stereocenters. The van der Waals surface area contributed by atoms with E-state index in [1.165, 1.54) is 0 Å². The first-order valence-electron chi connectivity index (χ1n) is 7.27. The van der Waals surface area contributed by atoms with E-state index in [-0.39, 0.29) is 18.6 Å². The second-order valence-corrected chi connectivity index (χ2v) is 6.71. The van der Waals surface area contributed by atoms with Gasteiger partial charge < -0.3 is 15.8 Å². The average molecular weight is 366 g/mol. The summed E-state index contributed by atoms with van der Waals surface area (Å²) < 4.78 is 5.50. The minimum atomic E-state index is -0.000694. The van der Waals surface area contributed by atoms with E-state index in [0.29, 0.717) is 39.7 Å². The second-order valence-electron chi connectivity index (χ2n) is 5.46. The van der Waals surface area contributed by atoms with Crippen LogP contribution in [-0.4, -0.2) is 25.1 Å². The lowest BCUT2D eigenvalue weighted by Crippen LogP contribution is -2.33. The predicted octanol–water partition coefficient (Wildman–Crippen LogP) is 3.66. The van der Waals surface area contributed by atoms with Gasteiger partial charge in [0, 0.05) is 17.5 Å². The summed E-state index contributed by atoms with van der Waals surface area (Å²) >= 11 is 17.8. The van der Waals surface area contributed by atoms with E-state index in [1.807, 2.05) is 0 Å². The maximum atomic E-state index is 11.8. The van der Waals surface area contributed by atoms with Crippen molar-refractivity contribution in [2.45, 2.75) is 31.7 Å². The Labute approximate surface area is 145 Å². The van der Waals surface area contributed by atoms with E-state index in [9.17, 15) is 4.79 Å². The zero-order valence-corrected chi connectivity index (χ0v) is 14.3. The summed E-state index contributed by atoms with van der Waals surface area (Å²) in [6, 6.07) is 3.27. The molecule has 2 rings (SSSR count). The van der Waals surface area contributed by atoms with Gasteiger partial charge >= 0.3 is 0 Å². The molecule has 7 heteroatoms. The molecule has 0 aliphatic heterocycles. The Morgan fingerprint density at radius 3 is 2.55 bits per heavy atom. The molecule has 0 heterocycles. The molecule has 3 N–H and O–H groups in total. The highest BCUT2D eigenvalue weighted by Crippen LogP contribution is 2.35. The van der Waals surface area contributed by atoms with Gasteiger partial charge in [-0.2, -0.15) is 0 Å². The maximum absolute atomic E-state index is 11.8. The third-order valence-electron chi connectivity index (χ3n) is 3.80. The quantitative estimate of drug-likeness (QED) is 0.756. The van der Waals surface area contributed by atoms with Crippen molar-refractivity contribution >= 4 is 40.7 Å². The smallest absolute Gasteiger partial charge is 0.220 e. The number of halogens is 3. The van der Waals surface area contributed by atoms with Crippen LogP contribution in [0.25, 0.3) is 0 Å². The van der Waals surface area contributed by atoms with Crippen molar-refractivity contribution < 1.29 is 9.53 Å². The highest BCUT2D eigenvalue weighted by atomic mass is 35.5. The summed E-state index contributed by atoms with van der Waals surface area (Å²) in [4.78, 5) is 11.8. The van der Waals surface area contributed by atoms with E-state index < -0.39 is 0 Å². The Balaban J connectivity index is 1.72. The monoisotopic (exact) mass is 364 g/mol. The largest absolute Gasteiger partial charge is 0.489 e. The first kappa shape index (κ1) is 17.7. The van der Waals surface area contributed by atoms with Crippen molar-refractivity contribution in [2.24, 2.45) is 11.7 Å². The molecule has 1 aromatic rings. The van der Waals surface area contributed by atoms with Gasteiger partial charge in [-0.05, 0) is 30.9 Å². The number of nitrogens with two attached hydrogens (primary N) is 1. The average Bonchev–Trinajstić information content (AvgIpc) is 2.82. The van der Waals surface area contributed by atoms with Gasteiger partial charge in [-0.3, -0.25) is 4.79 Å². The third kappa shape index (κ3) is 4.92. The zero-order chi connectivity index (χ0) is 16.1. The molecule has 1 saturated carbocycles. The Morgan fingerprint density at radius 2 is 1.95 bits per heavy atom. The standard InChI is InChI=1S/C15H19Cl3N2O2/c16-10-7-11(17)15(12(18)8-10)22-5-4-20-14(21)6-9-2-1-3-13(9)19/h7-9,13H,1-6,19H2,(H,20,21)/t9-,13+/m0/s1. The predicted molar refractivity (Wildman–Crippen MR) is 89.9 cm³/mol. The normalized spacial score (nSPS) is 20.9. The number of hydrogen-bond donors (Lipinski definition) is 2. The molecule has 1 aromatic carbocycles. The van der Waals surface area contributed by atoms with Crippen molar-refractivity contribution in [3.63, 3.8) is 0 Å². The van der Waals surface area contributed by atoms with Gasteiger partial charge in [-0.25, -0.2) is 0 Å². The van der Waals surface area contributed by atoms with Gasteiger partial charge in [0.15, 0.2) is 5.75 Å². The van der Waals surface area contributed by atoms with Crippen molar-refractivity contribution in [3.05, 3.63) is 27.2 Å². The highest BCUT2D eigenvalue weighted by molar-refractivity contribution is 6.40. The fraction of sp³-hybridized carbons (Fsp3) is 0.533. The fourth-order valence-electron chi connectivity index (χ4n) is 2.64. The Bertz CT molecular complexity index is 517. The molecule has 0 radical (unpaired) electrons. The van der Waals surface area contributed by atoms with Crippen LogP contribution in [0.4, 0.5) is 0 Å². The van der Waals surface area contributed by atoms with Crippen LogP contribution < -0.4 is 15.8 Å². The molecular weight excluding hydrogens is 347 g/mol. The first-order valence-corrected chi connectivity index (χ1v) is 8.40. The van der Waals surface area contributed by atoms with Crippen molar-refractivity contribution in [1.29, 1.82) is 0 Å². The SMILES string of the molecule is N[C@@H]1CCC[C@H]1CC(=O)NCCOc1c(Cl)cc(Cl)cc1Cl. The fourth-order valence-corrected chi connectivity index (χ4v) is 3.57. The van der Waals surface area contributed by atoms with Gasteiger partial charge in [0.2, 0.25) is 5.91 Å². The van der Waals surface area contributed by atoms with Crippen molar-refractivity contribution in [3.8, 4) is 5.75 Å². The minimum absolute atomic E-state index is 0.000694. The second kappa shape index (κ2) is 8.25. The van der Waals surface area contributed by atoms with Crippen LogP contribution in [0.3, 0.4) is 0 Å². The van der Waals surface area contributed by atoms with Crippen LogP contribution >= 0.6 is 34.8 Å². The lowest BCUT2D eigenvalue weighted by molar-refractivity contribution is -0.122. The molecule has 1 fully saturated rings. The molecule has 122 valence electrons. The van der Waals surface area contributed by atoms with Gasteiger partial charge in [0.1, 0.15) is 6.61 Å². The number of hydrogen-bond acceptors (Lipinski definition) is 3. The molecule has 0 spiro atoms. The zero-order valence-electron chi connectivity index (χ0n) is 12.1. The topological polar surface area (TPSA) is 64.4 Å². The lowest BCUT2D eigenvalue weighted by atomic mass is 10.00. The van der Waals surface area contributed by atoms with Crippen LogP contribution in [0.2, 0.25) is 15.1 Å². The maximum Gasteiger partial charge on any atom is 0.220 e. The number of amides is 1. The molecule has 22 heavy (non-hydrogen) atoms. The summed E-state index contributed by atoms with van der Waals surface area (Å²) in [5, 5.41) is 3.96.